The molecule has 1 unspecified atom stereocenters. The monoisotopic (exact) mass is 288 g/mol. The second-order valence-corrected chi connectivity index (χ2v) is 5.07. The van der Waals surface area contributed by atoms with E-state index in [0.717, 1.165) is 5.56 Å². The van der Waals surface area contributed by atoms with Crippen molar-refractivity contribution in [2.45, 2.75) is 19.4 Å². The lowest BCUT2D eigenvalue weighted by Gasteiger charge is -2.14. The number of amides is 1. The molecule has 4 nitrogen and oxygen atoms in total. The Balaban J connectivity index is 1.99. The number of carbonyl (C=O) groups is 1. The number of benzene rings is 1. The SMILES string of the molecule is CC(Cc1ccc(O)cc1)NC(=O)c1ccc[nH]c1=S. The Bertz CT molecular complexity index is 649. The van der Waals surface area contributed by atoms with Gasteiger partial charge in [0.05, 0.1) is 5.56 Å². The minimum absolute atomic E-state index is 0.0263. The molecule has 0 saturated carbocycles. The van der Waals surface area contributed by atoms with Gasteiger partial charge in [-0.1, -0.05) is 24.4 Å². The van der Waals surface area contributed by atoms with Crippen LogP contribution < -0.4 is 5.32 Å². The summed E-state index contributed by atoms with van der Waals surface area (Å²) in [4.78, 5) is 14.9. The third-order valence-corrected chi connectivity index (χ3v) is 3.26. The second kappa shape index (κ2) is 6.34. The molecule has 0 fully saturated rings. The van der Waals surface area contributed by atoms with Crippen LogP contribution >= 0.6 is 12.2 Å². The predicted molar refractivity (Wildman–Crippen MR) is 80.4 cm³/mol. The van der Waals surface area contributed by atoms with Crippen molar-refractivity contribution in [1.82, 2.24) is 10.3 Å². The van der Waals surface area contributed by atoms with E-state index in [2.05, 4.69) is 10.3 Å². The predicted octanol–water partition coefficient (Wildman–Crippen LogP) is 2.81. The third-order valence-electron chi connectivity index (χ3n) is 2.92. The standard InChI is InChI=1S/C15H16N2O2S/c1-10(9-11-4-6-12(18)7-5-11)17-14(19)13-3-2-8-16-15(13)20/h2-8,10,18H,9H2,1H3,(H,16,20)(H,17,19). The van der Waals surface area contributed by atoms with E-state index in [1.807, 2.05) is 19.1 Å². The summed E-state index contributed by atoms with van der Waals surface area (Å²) in [5, 5.41) is 12.1. The molecule has 0 spiro atoms. The van der Waals surface area contributed by atoms with E-state index in [0.29, 0.717) is 16.6 Å². The molecule has 0 aliphatic rings. The average molecular weight is 288 g/mol. The molecular weight excluding hydrogens is 272 g/mol. The molecule has 1 atom stereocenters. The van der Waals surface area contributed by atoms with E-state index in [4.69, 9.17) is 12.2 Å². The molecule has 0 radical (unpaired) electrons. The summed E-state index contributed by atoms with van der Waals surface area (Å²) in [5.41, 5.74) is 1.52. The highest BCUT2D eigenvalue weighted by Crippen LogP contribution is 2.11. The Kier molecular flexibility index (Phi) is 4.53. The van der Waals surface area contributed by atoms with Gasteiger partial charge in [0.25, 0.3) is 5.91 Å². The molecule has 1 heterocycles. The molecule has 2 aromatic rings. The van der Waals surface area contributed by atoms with Crippen LogP contribution in [0.5, 0.6) is 5.75 Å². The van der Waals surface area contributed by atoms with Crippen molar-refractivity contribution in [3.63, 3.8) is 0 Å². The first-order chi connectivity index (χ1) is 9.56. The van der Waals surface area contributed by atoms with Crippen LogP contribution in [0.1, 0.15) is 22.8 Å². The lowest BCUT2D eigenvalue weighted by Crippen LogP contribution is -2.34. The van der Waals surface area contributed by atoms with Crippen LogP contribution in [0.2, 0.25) is 0 Å². The van der Waals surface area contributed by atoms with Crippen LogP contribution in [-0.2, 0) is 6.42 Å². The van der Waals surface area contributed by atoms with Gasteiger partial charge in [-0.2, -0.15) is 0 Å². The minimum atomic E-state index is -0.182. The number of phenols is 1. The first-order valence-electron chi connectivity index (χ1n) is 6.33. The van der Waals surface area contributed by atoms with E-state index >= 15 is 0 Å². The van der Waals surface area contributed by atoms with Crippen molar-refractivity contribution in [3.05, 3.63) is 58.4 Å². The van der Waals surface area contributed by atoms with Gasteiger partial charge in [0, 0.05) is 12.2 Å². The number of nitrogens with one attached hydrogen (secondary N) is 2. The van der Waals surface area contributed by atoms with Crippen molar-refractivity contribution < 1.29 is 9.90 Å². The number of aromatic hydroxyl groups is 1. The lowest BCUT2D eigenvalue weighted by molar-refractivity contribution is 0.0939. The maximum atomic E-state index is 12.1. The number of pyridine rings is 1. The Morgan fingerprint density at radius 2 is 2.05 bits per heavy atom. The van der Waals surface area contributed by atoms with Gasteiger partial charge in [0.2, 0.25) is 0 Å². The topological polar surface area (TPSA) is 65.1 Å². The summed E-state index contributed by atoms with van der Waals surface area (Å²) < 4.78 is 0.432. The van der Waals surface area contributed by atoms with Crippen molar-refractivity contribution in [2.24, 2.45) is 0 Å². The van der Waals surface area contributed by atoms with Crippen LogP contribution in [0.4, 0.5) is 0 Å². The third kappa shape index (κ3) is 3.68. The number of phenolic OH excluding ortho intramolecular Hbond substituents is 1. The first-order valence-corrected chi connectivity index (χ1v) is 6.73. The van der Waals surface area contributed by atoms with E-state index in [1.54, 1.807) is 30.5 Å². The molecule has 3 N–H and O–H groups in total. The van der Waals surface area contributed by atoms with Crippen LogP contribution in [0.15, 0.2) is 42.6 Å². The van der Waals surface area contributed by atoms with E-state index in [-0.39, 0.29) is 17.7 Å². The van der Waals surface area contributed by atoms with Crippen LogP contribution in [0, 0.1) is 4.64 Å². The van der Waals surface area contributed by atoms with Crippen molar-refractivity contribution in [3.8, 4) is 5.75 Å². The number of aromatic nitrogens is 1. The Morgan fingerprint density at radius 1 is 1.35 bits per heavy atom. The Labute approximate surface area is 122 Å². The fourth-order valence-corrected chi connectivity index (χ4v) is 2.17. The smallest absolute Gasteiger partial charge is 0.254 e. The maximum absolute atomic E-state index is 12.1. The van der Waals surface area contributed by atoms with Gasteiger partial charge in [-0.15, -0.1) is 0 Å². The molecule has 0 aliphatic heterocycles. The Morgan fingerprint density at radius 3 is 2.70 bits per heavy atom. The minimum Gasteiger partial charge on any atom is -0.508 e. The summed E-state index contributed by atoms with van der Waals surface area (Å²) in [6, 6.07) is 10.4. The summed E-state index contributed by atoms with van der Waals surface area (Å²) in [6.45, 7) is 1.93. The molecule has 104 valence electrons. The molecule has 2 rings (SSSR count). The first kappa shape index (κ1) is 14.3. The highest BCUT2D eigenvalue weighted by atomic mass is 32.1. The number of hydrogen-bond donors (Lipinski definition) is 3. The highest BCUT2D eigenvalue weighted by Gasteiger charge is 2.11. The number of hydrogen-bond acceptors (Lipinski definition) is 3. The van der Waals surface area contributed by atoms with Gasteiger partial charge in [0.1, 0.15) is 10.4 Å². The molecule has 1 amide bonds. The van der Waals surface area contributed by atoms with Gasteiger partial charge >= 0.3 is 0 Å². The largest absolute Gasteiger partial charge is 0.508 e. The van der Waals surface area contributed by atoms with Crippen molar-refractivity contribution in [1.29, 1.82) is 0 Å². The van der Waals surface area contributed by atoms with Gasteiger partial charge in [-0.05, 0) is 43.2 Å². The number of H-pyrrole nitrogens is 1. The highest BCUT2D eigenvalue weighted by molar-refractivity contribution is 7.71. The van der Waals surface area contributed by atoms with E-state index in [9.17, 15) is 9.90 Å². The fraction of sp³-hybridized carbons (Fsp3) is 0.200. The molecule has 0 bridgehead atoms. The summed E-state index contributed by atoms with van der Waals surface area (Å²) >= 11 is 5.08. The van der Waals surface area contributed by atoms with Crippen molar-refractivity contribution >= 4 is 18.1 Å². The zero-order chi connectivity index (χ0) is 14.5. The fourth-order valence-electron chi connectivity index (χ4n) is 1.94. The van der Waals surface area contributed by atoms with Crippen molar-refractivity contribution in [2.75, 3.05) is 0 Å². The molecule has 0 aliphatic carbocycles. The lowest BCUT2D eigenvalue weighted by atomic mass is 10.1. The van der Waals surface area contributed by atoms with Gasteiger partial charge in [0.15, 0.2) is 0 Å². The molecule has 20 heavy (non-hydrogen) atoms. The number of aromatic amines is 1. The summed E-state index contributed by atoms with van der Waals surface area (Å²) in [7, 11) is 0. The second-order valence-electron chi connectivity index (χ2n) is 4.66. The van der Waals surface area contributed by atoms with Gasteiger partial charge in [-0.3, -0.25) is 4.79 Å². The van der Waals surface area contributed by atoms with Crippen LogP contribution in [0.3, 0.4) is 0 Å². The molecule has 5 heteroatoms. The summed E-state index contributed by atoms with van der Waals surface area (Å²) in [5.74, 6) is 0.0548. The average Bonchev–Trinajstić information content (AvgIpc) is 2.41. The Hall–Kier alpha value is -2.14. The van der Waals surface area contributed by atoms with Gasteiger partial charge in [-0.25, -0.2) is 0 Å². The zero-order valence-corrected chi connectivity index (χ0v) is 11.9. The van der Waals surface area contributed by atoms with E-state index < -0.39 is 0 Å². The number of carbonyl (C=O) groups excluding carboxylic acids is 1. The molecule has 1 aromatic heterocycles. The van der Waals surface area contributed by atoms with Crippen LogP contribution in [-0.4, -0.2) is 22.0 Å². The zero-order valence-electron chi connectivity index (χ0n) is 11.1. The molecular formula is C15H16N2O2S. The normalized spacial score (nSPS) is 11.8. The number of rotatable bonds is 4. The summed E-state index contributed by atoms with van der Waals surface area (Å²) in [6.07, 6.45) is 2.38. The molecule has 1 aromatic carbocycles. The maximum Gasteiger partial charge on any atom is 0.254 e. The quantitative estimate of drug-likeness (QED) is 0.758. The molecule has 0 saturated heterocycles. The van der Waals surface area contributed by atoms with Gasteiger partial charge < -0.3 is 15.4 Å². The van der Waals surface area contributed by atoms with E-state index in [1.165, 1.54) is 0 Å². The van der Waals surface area contributed by atoms with Crippen LogP contribution in [0.25, 0.3) is 0 Å².